The molecule has 2 N–H and O–H groups in total. The zero-order valence-electron chi connectivity index (χ0n) is 14.2. The van der Waals surface area contributed by atoms with Gasteiger partial charge in [0.05, 0.1) is 12.9 Å². The van der Waals surface area contributed by atoms with Gasteiger partial charge in [-0.1, -0.05) is 18.2 Å². The molecule has 1 heterocycles. The summed E-state index contributed by atoms with van der Waals surface area (Å²) in [6.07, 6.45) is 0.511. The Bertz CT molecular complexity index is 677. The quantitative estimate of drug-likeness (QED) is 0.361. The van der Waals surface area contributed by atoms with Gasteiger partial charge in [0.25, 0.3) is 0 Å². The first kappa shape index (κ1) is 22.1. The second-order valence-corrected chi connectivity index (χ2v) is 5.08. The minimum absolute atomic E-state index is 0. The van der Waals surface area contributed by atoms with Crippen LogP contribution in [-0.2, 0) is 13.1 Å². The Morgan fingerprint density at radius 1 is 1.27 bits per heavy atom. The molecule has 6 nitrogen and oxygen atoms in total. The lowest BCUT2D eigenvalue weighted by Gasteiger charge is -2.14. The smallest absolute Gasteiger partial charge is 0.405 e. The fraction of sp³-hybridized carbons (Fsp3) is 0.375. The van der Waals surface area contributed by atoms with Crippen LogP contribution < -0.4 is 15.4 Å². The Balaban J connectivity index is 0.00000338. The number of rotatable bonds is 7. The van der Waals surface area contributed by atoms with Crippen LogP contribution in [-0.4, -0.2) is 35.0 Å². The maximum absolute atomic E-state index is 12.5. The van der Waals surface area contributed by atoms with E-state index < -0.39 is 6.36 Å². The van der Waals surface area contributed by atoms with Crippen molar-refractivity contribution in [3.05, 3.63) is 48.5 Å². The molecule has 0 spiro atoms. The number of benzene rings is 1. The van der Waals surface area contributed by atoms with E-state index in [1.807, 2.05) is 17.7 Å². The molecule has 10 heteroatoms. The van der Waals surface area contributed by atoms with Gasteiger partial charge in [0.15, 0.2) is 5.96 Å². The van der Waals surface area contributed by atoms with Crippen LogP contribution in [0.4, 0.5) is 13.2 Å². The molecule has 2 rings (SSSR count). The van der Waals surface area contributed by atoms with Crippen molar-refractivity contribution in [2.45, 2.75) is 26.4 Å². The van der Waals surface area contributed by atoms with Crippen LogP contribution >= 0.6 is 24.0 Å². The number of hydrogen-bond donors (Lipinski definition) is 2. The summed E-state index contributed by atoms with van der Waals surface area (Å²) in [4.78, 5) is 8.27. The van der Waals surface area contributed by atoms with E-state index in [9.17, 15) is 13.2 Å². The number of nitrogens with one attached hydrogen (secondary N) is 2. The van der Waals surface area contributed by atoms with Crippen LogP contribution in [0.5, 0.6) is 5.75 Å². The average molecular weight is 483 g/mol. The Morgan fingerprint density at radius 2 is 2.04 bits per heavy atom. The van der Waals surface area contributed by atoms with Crippen molar-refractivity contribution in [3.63, 3.8) is 0 Å². The number of hydrogen-bond acceptors (Lipinski definition) is 3. The van der Waals surface area contributed by atoms with Crippen molar-refractivity contribution in [3.8, 4) is 5.75 Å². The van der Waals surface area contributed by atoms with Crippen molar-refractivity contribution >= 4 is 29.9 Å². The van der Waals surface area contributed by atoms with Gasteiger partial charge in [0.1, 0.15) is 5.75 Å². The Kier molecular flexibility index (Phi) is 9.24. The Labute approximate surface area is 166 Å². The predicted molar refractivity (Wildman–Crippen MR) is 104 cm³/mol. The van der Waals surface area contributed by atoms with Gasteiger partial charge in [-0.25, -0.2) is 9.98 Å². The molecule has 0 fully saturated rings. The number of aromatic nitrogens is 2. The van der Waals surface area contributed by atoms with Crippen molar-refractivity contribution in [1.29, 1.82) is 0 Å². The number of ether oxygens (including phenoxy) is 1. The predicted octanol–water partition coefficient (Wildman–Crippen LogP) is 3.16. The molecule has 0 unspecified atom stereocenters. The van der Waals surface area contributed by atoms with Crippen molar-refractivity contribution in [1.82, 2.24) is 20.2 Å². The summed E-state index contributed by atoms with van der Waals surface area (Å²) in [7, 11) is 0. The fourth-order valence-corrected chi connectivity index (χ4v) is 2.09. The third kappa shape index (κ3) is 7.93. The van der Waals surface area contributed by atoms with E-state index in [-0.39, 0.29) is 36.3 Å². The Morgan fingerprint density at radius 3 is 2.69 bits per heavy atom. The van der Waals surface area contributed by atoms with E-state index in [1.54, 1.807) is 24.7 Å². The first-order chi connectivity index (χ1) is 12.0. The van der Waals surface area contributed by atoms with Crippen molar-refractivity contribution in [2.75, 3.05) is 13.1 Å². The summed E-state index contributed by atoms with van der Waals surface area (Å²) < 4.78 is 43.3. The molecule has 26 heavy (non-hydrogen) atoms. The molecule has 144 valence electrons. The van der Waals surface area contributed by atoms with Crippen LogP contribution in [0.25, 0.3) is 0 Å². The second kappa shape index (κ2) is 10.9. The zero-order chi connectivity index (χ0) is 18.1. The van der Waals surface area contributed by atoms with Crippen LogP contribution in [0.2, 0.25) is 0 Å². The number of imidazole rings is 1. The first-order valence-electron chi connectivity index (χ1n) is 7.79. The summed E-state index contributed by atoms with van der Waals surface area (Å²) in [5.74, 6) is 0.275. The highest BCUT2D eigenvalue weighted by Gasteiger charge is 2.31. The summed E-state index contributed by atoms with van der Waals surface area (Å²) in [5.41, 5.74) is 0.353. The molecule has 0 aliphatic carbocycles. The standard InChI is InChI=1S/C16H20F3N5O.HI/c1-2-21-15(22-8-10-24-9-7-20-12-24)23-11-13-5-3-4-6-14(13)25-16(17,18)19;/h3-7,9,12H,2,8,10-11H2,1H3,(H2,21,22,23);1H. The number of alkyl halides is 3. The molecule has 0 atom stereocenters. The average Bonchev–Trinajstić information content (AvgIpc) is 3.06. The number of para-hydroxylation sites is 1. The molecule has 0 radical (unpaired) electrons. The van der Waals surface area contributed by atoms with Crippen molar-refractivity contribution in [2.24, 2.45) is 4.99 Å². The molecular formula is C16H21F3IN5O. The highest BCUT2D eigenvalue weighted by atomic mass is 127. The molecule has 2 aromatic rings. The van der Waals surface area contributed by atoms with Crippen LogP contribution in [0.3, 0.4) is 0 Å². The molecule has 0 bridgehead atoms. The van der Waals surface area contributed by atoms with Crippen LogP contribution in [0.15, 0.2) is 48.0 Å². The molecule has 0 saturated carbocycles. The number of aliphatic imine (C=N–C) groups is 1. The molecule has 0 amide bonds. The maximum Gasteiger partial charge on any atom is 0.573 e. The first-order valence-corrected chi connectivity index (χ1v) is 7.79. The summed E-state index contributed by atoms with van der Waals surface area (Å²) >= 11 is 0. The van der Waals surface area contributed by atoms with E-state index >= 15 is 0 Å². The van der Waals surface area contributed by atoms with Crippen molar-refractivity contribution < 1.29 is 17.9 Å². The normalized spacial score (nSPS) is 11.6. The van der Waals surface area contributed by atoms with Gasteiger partial charge in [-0.15, -0.1) is 37.1 Å². The van der Waals surface area contributed by atoms with Crippen LogP contribution in [0.1, 0.15) is 12.5 Å². The number of halogens is 4. The zero-order valence-corrected chi connectivity index (χ0v) is 16.5. The Hall–Kier alpha value is -1.98. The molecule has 1 aromatic carbocycles. The molecule has 0 aliphatic heterocycles. The van der Waals surface area contributed by atoms with E-state index in [2.05, 4.69) is 25.3 Å². The maximum atomic E-state index is 12.5. The summed E-state index contributed by atoms with van der Waals surface area (Å²) in [6, 6.07) is 5.97. The van der Waals surface area contributed by atoms with Gasteiger partial charge in [0.2, 0.25) is 0 Å². The van der Waals surface area contributed by atoms with E-state index in [0.29, 0.717) is 31.2 Å². The highest BCUT2D eigenvalue weighted by molar-refractivity contribution is 14.0. The number of nitrogens with zero attached hydrogens (tertiary/aromatic N) is 3. The van der Waals surface area contributed by atoms with Gasteiger partial charge in [-0.2, -0.15) is 0 Å². The molecule has 1 aromatic heterocycles. The SMILES string of the molecule is CCNC(=NCc1ccccc1OC(F)(F)F)NCCn1ccnc1.I. The number of guanidine groups is 1. The van der Waals surface area contributed by atoms with E-state index in [1.165, 1.54) is 12.1 Å². The van der Waals surface area contributed by atoms with E-state index in [4.69, 9.17) is 0 Å². The lowest BCUT2D eigenvalue weighted by atomic mass is 10.2. The van der Waals surface area contributed by atoms with Gasteiger partial charge in [-0.05, 0) is 13.0 Å². The lowest BCUT2D eigenvalue weighted by Crippen LogP contribution is -2.38. The lowest BCUT2D eigenvalue weighted by molar-refractivity contribution is -0.274. The third-order valence-electron chi connectivity index (χ3n) is 3.17. The largest absolute Gasteiger partial charge is 0.573 e. The van der Waals surface area contributed by atoms with Gasteiger partial charge >= 0.3 is 6.36 Å². The monoisotopic (exact) mass is 483 g/mol. The fourth-order valence-electron chi connectivity index (χ4n) is 2.09. The van der Waals surface area contributed by atoms with Gasteiger partial charge < -0.3 is 19.9 Å². The minimum atomic E-state index is -4.73. The summed E-state index contributed by atoms with van der Waals surface area (Å²) in [5, 5.41) is 6.18. The minimum Gasteiger partial charge on any atom is -0.405 e. The topological polar surface area (TPSA) is 63.5 Å². The third-order valence-corrected chi connectivity index (χ3v) is 3.17. The van der Waals surface area contributed by atoms with Gasteiger partial charge in [-0.3, -0.25) is 0 Å². The molecule has 0 saturated heterocycles. The highest BCUT2D eigenvalue weighted by Crippen LogP contribution is 2.26. The van der Waals surface area contributed by atoms with E-state index in [0.717, 1.165) is 0 Å². The van der Waals surface area contributed by atoms with Gasteiger partial charge in [0, 0.05) is 37.6 Å². The molecule has 0 aliphatic rings. The summed E-state index contributed by atoms with van der Waals surface area (Å²) in [6.45, 7) is 3.90. The van der Waals surface area contributed by atoms with Crippen LogP contribution in [0, 0.1) is 0 Å². The second-order valence-electron chi connectivity index (χ2n) is 5.08. The molecular weight excluding hydrogens is 462 g/mol.